The monoisotopic (exact) mass is 693 g/mol. The van der Waals surface area contributed by atoms with E-state index in [1.165, 1.54) is 23.8 Å². The van der Waals surface area contributed by atoms with Gasteiger partial charge in [-0.1, -0.05) is 5.21 Å². The van der Waals surface area contributed by atoms with Gasteiger partial charge in [0.05, 0.1) is 33.6 Å². The van der Waals surface area contributed by atoms with E-state index < -0.39 is 94.2 Å². The number of aromatic hydroxyl groups is 4. The molecule has 0 aliphatic carbocycles. The summed E-state index contributed by atoms with van der Waals surface area (Å²) in [6.45, 7) is 0.348. The van der Waals surface area contributed by atoms with Crippen LogP contribution < -0.4 is 16.2 Å². The van der Waals surface area contributed by atoms with Gasteiger partial charge in [-0.05, 0) is 19.4 Å². The van der Waals surface area contributed by atoms with Crippen molar-refractivity contribution >= 4 is 45.7 Å². The van der Waals surface area contributed by atoms with Crippen molar-refractivity contribution in [1.29, 1.82) is 0 Å². The molecule has 5 aromatic rings. The molecule has 2 aromatic carbocycles. The third-order valence-electron chi connectivity index (χ3n) is 7.81. The molecule has 3 aromatic heterocycles. The lowest BCUT2D eigenvalue weighted by Crippen LogP contribution is -2.42. The van der Waals surface area contributed by atoms with Gasteiger partial charge in [0, 0.05) is 31.3 Å². The zero-order chi connectivity index (χ0) is 36.6. The number of hydrogen-bond donors (Lipinski definition) is 7. The Bertz CT molecular complexity index is 2360. The number of fused-ring (bicyclic) bond motifs is 2. The van der Waals surface area contributed by atoms with Gasteiger partial charge in [0.1, 0.15) is 42.3 Å². The second-order valence-corrected chi connectivity index (χ2v) is 11.1. The van der Waals surface area contributed by atoms with E-state index in [1.807, 2.05) is 0 Å². The predicted molar refractivity (Wildman–Crippen MR) is 168 cm³/mol. The third kappa shape index (κ3) is 6.46. The fourth-order valence-electron chi connectivity index (χ4n) is 5.23. The number of rotatable bonds is 11. The molecule has 0 aliphatic heterocycles. The minimum absolute atomic E-state index is 0.0342. The molecule has 1 amide bonds. The van der Waals surface area contributed by atoms with Crippen LogP contribution in [0.25, 0.3) is 33.0 Å². The van der Waals surface area contributed by atoms with E-state index in [9.17, 15) is 54.3 Å². The van der Waals surface area contributed by atoms with Gasteiger partial charge in [-0.25, -0.2) is 14.3 Å². The first-order valence-electron chi connectivity index (χ1n) is 14.4. The van der Waals surface area contributed by atoms with Crippen molar-refractivity contribution < 1.29 is 59.0 Å². The van der Waals surface area contributed by atoms with Crippen molar-refractivity contribution in [2.75, 3.05) is 0 Å². The summed E-state index contributed by atoms with van der Waals surface area (Å²) in [6, 6.07) is 1.62. The number of carbonyl (C=O) groups excluding carboxylic acids is 2. The molecule has 0 bridgehead atoms. The van der Waals surface area contributed by atoms with Gasteiger partial charge in [-0.3, -0.25) is 19.2 Å². The number of nitrogens with one attached hydrogen (secondary N) is 1. The van der Waals surface area contributed by atoms with Crippen LogP contribution in [0.2, 0.25) is 0 Å². The number of phenols is 4. The van der Waals surface area contributed by atoms with Crippen molar-refractivity contribution in [2.24, 2.45) is 7.05 Å². The Hall–Kier alpha value is -6.92. The van der Waals surface area contributed by atoms with Crippen LogP contribution in [0.4, 0.5) is 0 Å². The van der Waals surface area contributed by atoms with E-state index in [0.717, 1.165) is 23.1 Å². The third-order valence-corrected chi connectivity index (χ3v) is 7.81. The molecular formula is C31H27N5O14. The summed E-state index contributed by atoms with van der Waals surface area (Å²) in [5.41, 5.74) is -2.91. The molecule has 0 radical (unpaired) electrons. The highest BCUT2D eigenvalue weighted by atomic mass is 16.5. The van der Waals surface area contributed by atoms with Crippen LogP contribution in [0.15, 0.2) is 44.7 Å². The first-order valence-corrected chi connectivity index (χ1v) is 14.4. The number of nitrogens with zero attached hydrogens (tertiary/aromatic N) is 4. The van der Waals surface area contributed by atoms with E-state index in [4.69, 9.17) is 14.3 Å². The molecule has 1 atom stereocenters. The topological polar surface area (TPSA) is 294 Å². The quantitative estimate of drug-likeness (QED) is 0.0744. The SMILES string of the molecule is Cc1c(-c2coc3cc(O)c(O)c(C(=O)OCc4cn(CC(=O)NC(CCC(=O)O)C(=O)O)nn4)c3c2=O)c(=O)c2cc(O)c(O)cc2n1C. The minimum atomic E-state index is -1.47. The van der Waals surface area contributed by atoms with Crippen LogP contribution >= 0.6 is 0 Å². The fraction of sp³-hybridized carbons (Fsp3) is 0.226. The van der Waals surface area contributed by atoms with Gasteiger partial charge in [-0.15, -0.1) is 5.10 Å². The zero-order valence-electron chi connectivity index (χ0n) is 26.0. The van der Waals surface area contributed by atoms with Crippen LogP contribution in [0.3, 0.4) is 0 Å². The minimum Gasteiger partial charge on any atom is -0.504 e. The van der Waals surface area contributed by atoms with Gasteiger partial charge >= 0.3 is 17.9 Å². The van der Waals surface area contributed by atoms with E-state index in [2.05, 4.69) is 15.6 Å². The standard InChI is InChI=1S/C31H27N5O14/c1-12-24(27(43)14-5-18(37)19(38)6-17(14)35(12)2)15-11-49-21-7-20(39)29(45)26(25(21)28(15)44)31(48)50-10-13-8-36(34-33-13)9-22(40)32-16(30(46)47)3-4-23(41)42/h5-8,11,16,37-39,45H,3-4,9-10H2,1-2H3,(H,32,40)(H,41,42)(H,46,47). The number of aryl methyl sites for hydroxylation is 1. The summed E-state index contributed by atoms with van der Waals surface area (Å²) < 4.78 is 13.2. The Balaban J connectivity index is 1.44. The van der Waals surface area contributed by atoms with Crippen molar-refractivity contribution in [3.63, 3.8) is 0 Å². The number of carbonyl (C=O) groups is 4. The number of carboxylic acid groups (broad SMARTS) is 2. The molecule has 0 saturated carbocycles. The number of benzene rings is 2. The number of phenolic OH excluding ortho intramolecular Hbond substituents is 4. The number of ether oxygens (including phenoxy) is 1. The van der Waals surface area contributed by atoms with Crippen molar-refractivity contribution in [3.8, 4) is 34.1 Å². The maximum Gasteiger partial charge on any atom is 0.343 e. The average molecular weight is 694 g/mol. The summed E-state index contributed by atoms with van der Waals surface area (Å²) in [6.07, 6.45) is 1.25. The molecule has 0 aliphatic rings. The number of hydrogen-bond acceptors (Lipinski definition) is 14. The molecule has 3 heterocycles. The normalized spacial score (nSPS) is 11.8. The molecule has 5 rings (SSSR count). The summed E-state index contributed by atoms with van der Waals surface area (Å²) in [7, 11) is 1.55. The molecule has 0 spiro atoms. The Morgan fingerprint density at radius 2 is 1.70 bits per heavy atom. The van der Waals surface area contributed by atoms with E-state index in [1.54, 1.807) is 7.05 Å². The van der Waals surface area contributed by atoms with Crippen molar-refractivity contribution in [1.82, 2.24) is 24.9 Å². The summed E-state index contributed by atoms with van der Waals surface area (Å²) in [5, 5.41) is 68.0. The van der Waals surface area contributed by atoms with E-state index in [0.29, 0.717) is 0 Å². The van der Waals surface area contributed by atoms with Gasteiger partial charge in [0.2, 0.25) is 11.3 Å². The van der Waals surface area contributed by atoms with Crippen molar-refractivity contribution in [2.45, 2.75) is 39.0 Å². The molecule has 50 heavy (non-hydrogen) atoms. The first kappa shape index (κ1) is 34.4. The second-order valence-electron chi connectivity index (χ2n) is 11.1. The van der Waals surface area contributed by atoms with Crippen LogP contribution in [-0.2, 0) is 39.3 Å². The van der Waals surface area contributed by atoms with E-state index in [-0.39, 0.29) is 45.4 Å². The van der Waals surface area contributed by atoms with E-state index >= 15 is 0 Å². The highest BCUT2D eigenvalue weighted by Crippen LogP contribution is 2.37. The number of aliphatic carboxylic acids is 2. The van der Waals surface area contributed by atoms with Crippen LogP contribution in [-0.4, -0.2) is 80.1 Å². The number of aromatic nitrogens is 4. The maximum absolute atomic E-state index is 13.9. The first-order chi connectivity index (χ1) is 23.6. The Morgan fingerprint density at radius 3 is 2.38 bits per heavy atom. The van der Waals surface area contributed by atoms with Crippen molar-refractivity contribution in [3.05, 3.63) is 68.1 Å². The lowest BCUT2D eigenvalue weighted by molar-refractivity contribution is -0.143. The largest absolute Gasteiger partial charge is 0.504 e. The lowest BCUT2D eigenvalue weighted by Gasteiger charge is -2.15. The molecule has 260 valence electrons. The average Bonchev–Trinajstić information content (AvgIpc) is 3.50. The molecule has 19 heteroatoms. The molecule has 0 fully saturated rings. The maximum atomic E-state index is 13.9. The van der Waals surface area contributed by atoms with Crippen LogP contribution in [0.1, 0.15) is 34.6 Å². The highest BCUT2D eigenvalue weighted by molar-refractivity contribution is 6.07. The Kier molecular flexibility index (Phi) is 9.15. The van der Waals surface area contributed by atoms with Gasteiger partial charge < -0.3 is 49.7 Å². The molecular weight excluding hydrogens is 666 g/mol. The Labute approximate surface area is 277 Å². The number of pyridine rings is 1. The van der Waals surface area contributed by atoms with Gasteiger partial charge in [0.15, 0.2) is 28.4 Å². The fourth-order valence-corrected chi connectivity index (χ4v) is 5.23. The Morgan fingerprint density at radius 1 is 1.00 bits per heavy atom. The highest BCUT2D eigenvalue weighted by Gasteiger charge is 2.28. The zero-order valence-corrected chi connectivity index (χ0v) is 26.0. The van der Waals surface area contributed by atoms with Gasteiger partial charge in [0.25, 0.3) is 0 Å². The van der Waals surface area contributed by atoms with Crippen LogP contribution in [0.5, 0.6) is 23.0 Å². The summed E-state index contributed by atoms with van der Waals surface area (Å²) in [5.74, 6) is -7.78. The van der Waals surface area contributed by atoms with Gasteiger partial charge in [-0.2, -0.15) is 0 Å². The second kappa shape index (κ2) is 13.3. The molecule has 7 N–H and O–H groups in total. The molecule has 19 nitrogen and oxygen atoms in total. The number of esters is 1. The molecule has 1 unspecified atom stereocenters. The smallest absolute Gasteiger partial charge is 0.343 e. The summed E-state index contributed by atoms with van der Waals surface area (Å²) >= 11 is 0. The number of amides is 1. The number of carboxylic acids is 2. The lowest BCUT2D eigenvalue weighted by atomic mass is 9.98. The predicted octanol–water partition coefficient (Wildman–Crippen LogP) is 0.825. The summed E-state index contributed by atoms with van der Waals surface area (Å²) in [4.78, 5) is 75.3. The molecule has 0 saturated heterocycles. The van der Waals surface area contributed by atoms with Crippen LogP contribution in [0, 0.1) is 6.92 Å².